The summed E-state index contributed by atoms with van der Waals surface area (Å²) in [6, 6.07) is 8.04. The van der Waals surface area contributed by atoms with E-state index in [1.165, 1.54) is 19.3 Å². The summed E-state index contributed by atoms with van der Waals surface area (Å²) in [5.74, 6) is 3.11. The van der Waals surface area contributed by atoms with Gasteiger partial charge in [-0.2, -0.15) is 0 Å². The minimum Gasteiger partial charge on any atom is -0.369 e. The summed E-state index contributed by atoms with van der Waals surface area (Å²) in [7, 11) is 2.18. The molecule has 152 valence electrons. The first-order chi connectivity index (χ1) is 14.4. The van der Waals surface area contributed by atoms with Gasteiger partial charge in [-0.1, -0.05) is 6.58 Å². The molecule has 0 aromatic carbocycles. The molecule has 30 heavy (non-hydrogen) atoms. The molecule has 0 unspecified atom stereocenters. The van der Waals surface area contributed by atoms with Gasteiger partial charge >= 0.3 is 0 Å². The molecule has 3 aliphatic carbocycles. The van der Waals surface area contributed by atoms with Crippen LogP contribution in [-0.2, 0) is 0 Å². The number of anilines is 2. The van der Waals surface area contributed by atoms with E-state index in [0.717, 1.165) is 51.5 Å². The molecular formula is C24H26N6. The fraction of sp³-hybridized carbons (Fsp3) is 0.333. The SMILES string of the molecule is C=C(c1cc(-c2ccnc(Nc3ccnc(C)n3)c2)cnc1C)N(C)C12CC(C1)C2. The van der Waals surface area contributed by atoms with Crippen LogP contribution in [0.4, 0.5) is 11.6 Å². The number of nitrogens with zero attached hydrogens (tertiary/aromatic N) is 5. The van der Waals surface area contributed by atoms with E-state index in [4.69, 9.17) is 0 Å². The van der Waals surface area contributed by atoms with Crippen LogP contribution < -0.4 is 5.32 Å². The predicted molar refractivity (Wildman–Crippen MR) is 119 cm³/mol. The molecule has 0 aliphatic heterocycles. The van der Waals surface area contributed by atoms with Crippen molar-refractivity contribution in [1.29, 1.82) is 0 Å². The zero-order valence-electron chi connectivity index (χ0n) is 17.7. The van der Waals surface area contributed by atoms with Crippen LogP contribution >= 0.6 is 0 Å². The van der Waals surface area contributed by atoms with Gasteiger partial charge in [-0.05, 0) is 68.9 Å². The van der Waals surface area contributed by atoms with Crippen LogP contribution in [0.25, 0.3) is 16.8 Å². The summed E-state index contributed by atoms with van der Waals surface area (Å²) in [6.45, 7) is 8.34. The van der Waals surface area contributed by atoms with Gasteiger partial charge in [-0.25, -0.2) is 15.0 Å². The van der Waals surface area contributed by atoms with Crippen molar-refractivity contribution in [1.82, 2.24) is 24.8 Å². The number of pyridine rings is 2. The standard InChI is InChI=1S/C24H26N6/c1-15-21(16(2)30(4)24-11-18(12-24)13-24)9-20(14-27-15)19-5-7-26-23(10-19)29-22-6-8-25-17(3)28-22/h5-10,14,18H,2,11-13H2,1,3-4H3,(H,25,26,28,29). The van der Waals surface area contributed by atoms with Crippen LogP contribution in [0.5, 0.6) is 0 Å². The number of rotatable bonds is 6. The molecule has 3 aromatic rings. The molecule has 0 atom stereocenters. The van der Waals surface area contributed by atoms with Crippen molar-refractivity contribution in [2.24, 2.45) is 5.92 Å². The summed E-state index contributed by atoms with van der Waals surface area (Å²) in [6.07, 6.45) is 9.36. The van der Waals surface area contributed by atoms with E-state index in [-0.39, 0.29) is 0 Å². The fourth-order valence-corrected chi connectivity index (χ4v) is 4.63. The highest BCUT2D eigenvalue weighted by molar-refractivity contribution is 5.73. The molecule has 3 heterocycles. The Hall–Kier alpha value is -3.28. The van der Waals surface area contributed by atoms with Gasteiger partial charge in [0.15, 0.2) is 0 Å². The highest BCUT2D eigenvalue weighted by atomic mass is 15.2. The lowest BCUT2D eigenvalue weighted by atomic mass is 9.49. The highest BCUT2D eigenvalue weighted by Gasteiger charge is 2.59. The maximum absolute atomic E-state index is 4.67. The maximum atomic E-state index is 4.67. The van der Waals surface area contributed by atoms with Crippen LogP contribution in [0.1, 0.15) is 36.3 Å². The number of hydrogen-bond donors (Lipinski definition) is 1. The fourth-order valence-electron chi connectivity index (χ4n) is 4.63. The quantitative estimate of drug-likeness (QED) is 0.646. The first kappa shape index (κ1) is 18.7. The van der Waals surface area contributed by atoms with E-state index in [0.29, 0.717) is 5.54 Å². The average Bonchev–Trinajstić information content (AvgIpc) is 2.65. The molecule has 0 radical (unpaired) electrons. The zero-order chi connectivity index (χ0) is 20.9. The van der Waals surface area contributed by atoms with Crippen LogP contribution in [0.2, 0.25) is 0 Å². The molecule has 0 saturated heterocycles. The second kappa shape index (κ2) is 6.90. The third kappa shape index (κ3) is 3.12. The molecule has 6 rings (SSSR count). The van der Waals surface area contributed by atoms with Gasteiger partial charge < -0.3 is 10.2 Å². The summed E-state index contributed by atoms with van der Waals surface area (Å²) in [5.41, 5.74) is 5.61. The minimum atomic E-state index is 0.341. The monoisotopic (exact) mass is 398 g/mol. The Morgan fingerprint density at radius 2 is 1.80 bits per heavy atom. The molecule has 3 fully saturated rings. The minimum absolute atomic E-state index is 0.341. The van der Waals surface area contributed by atoms with Gasteiger partial charge in [0, 0.05) is 53.7 Å². The van der Waals surface area contributed by atoms with E-state index >= 15 is 0 Å². The molecular weight excluding hydrogens is 372 g/mol. The second-order valence-electron chi connectivity index (χ2n) is 8.61. The Labute approximate surface area is 177 Å². The topological polar surface area (TPSA) is 66.8 Å². The van der Waals surface area contributed by atoms with Gasteiger partial charge in [-0.3, -0.25) is 4.98 Å². The number of nitrogens with one attached hydrogen (secondary N) is 1. The van der Waals surface area contributed by atoms with Gasteiger partial charge in [0.25, 0.3) is 0 Å². The summed E-state index contributed by atoms with van der Waals surface area (Å²) < 4.78 is 0. The van der Waals surface area contributed by atoms with Gasteiger partial charge in [0.2, 0.25) is 0 Å². The molecule has 0 spiro atoms. The Morgan fingerprint density at radius 3 is 2.50 bits per heavy atom. The van der Waals surface area contributed by atoms with Gasteiger partial charge in [0.1, 0.15) is 17.5 Å². The maximum Gasteiger partial charge on any atom is 0.135 e. The average molecular weight is 399 g/mol. The molecule has 6 heteroatoms. The first-order valence-corrected chi connectivity index (χ1v) is 10.4. The zero-order valence-corrected chi connectivity index (χ0v) is 17.7. The van der Waals surface area contributed by atoms with E-state index in [9.17, 15) is 0 Å². The molecule has 3 aromatic heterocycles. The van der Waals surface area contributed by atoms with E-state index in [2.05, 4.69) is 56.8 Å². The van der Waals surface area contributed by atoms with Crippen molar-refractivity contribution < 1.29 is 0 Å². The van der Waals surface area contributed by atoms with Crippen molar-refractivity contribution in [3.8, 4) is 11.1 Å². The molecule has 6 nitrogen and oxygen atoms in total. The van der Waals surface area contributed by atoms with E-state index < -0.39 is 0 Å². The Morgan fingerprint density at radius 1 is 1.03 bits per heavy atom. The highest BCUT2D eigenvalue weighted by Crippen LogP contribution is 2.61. The van der Waals surface area contributed by atoms with E-state index in [1.54, 1.807) is 12.4 Å². The Kier molecular flexibility index (Phi) is 4.31. The third-order valence-corrected chi connectivity index (χ3v) is 6.65. The Balaban J connectivity index is 1.42. The largest absolute Gasteiger partial charge is 0.369 e. The van der Waals surface area contributed by atoms with Crippen molar-refractivity contribution in [2.75, 3.05) is 12.4 Å². The van der Waals surface area contributed by atoms with Crippen molar-refractivity contribution in [3.05, 3.63) is 66.5 Å². The number of aryl methyl sites for hydroxylation is 2. The van der Waals surface area contributed by atoms with Crippen molar-refractivity contribution in [2.45, 2.75) is 38.6 Å². The lowest BCUT2D eigenvalue weighted by Crippen LogP contribution is -2.66. The molecule has 0 amide bonds. The van der Waals surface area contributed by atoms with Crippen LogP contribution in [-0.4, -0.2) is 37.4 Å². The van der Waals surface area contributed by atoms with E-state index in [1.807, 2.05) is 31.3 Å². The summed E-state index contributed by atoms with van der Waals surface area (Å²) >= 11 is 0. The summed E-state index contributed by atoms with van der Waals surface area (Å²) in [4.78, 5) is 20.0. The smallest absolute Gasteiger partial charge is 0.135 e. The molecule has 1 N–H and O–H groups in total. The Bertz CT molecular complexity index is 1120. The molecule has 3 saturated carbocycles. The van der Waals surface area contributed by atoms with Crippen LogP contribution in [0.15, 0.2) is 49.4 Å². The lowest BCUT2D eigenvalue weighted by Gasteiger charge is -2.66. The number of hydrogen-bond acceptors (Lipinski definition) is 6. The molecule has 3 aliphatic rings. The van der Waals surface area contributed by atoms with Crippen LogP contribution in [0, 0.1) is 19.8 Å². The van der Waals surface area contributed by atoms with Crippen molar-refractivity contribution in [3.63, 3.8) is 0 Å². The second-order valence-corrected chi connectivity index (χ2v) is 8.61. The lowest BCUT2D eigenvalue weighted by molar-refractivity contribution is -0.107. The first-order valence-electron chi connectivity index (χ1n) is 10.4. The van der Waals surface area contributed by atoms with Crippen molar-refractivity contribution >= 4 is 17.3 Å². The van der Waals surface area contributed by atoms with Crippen LogP contribution in [0.3, 0.4) is 0 Å². The van der Waals surface area contributed by atoms with Gasteiger partial charge in [-0.15, -0.1) is 0 Å². The van der Waals surface area contributed by atoms with Gasteiger partial charge in [0.05, 0.1) is 0 Å². The molecule has 2 bridgehead atoms. The number of aromatic nitrogens is 4. The normalized spacial score (nSPS) is 21.4. The predicted octanol–water partition coefficient (Wildman–Crippen LogP) is 4.75. The third-order valence-electron chi connectivity index (χ3n) is 6.65. The summed E-state index contributed by atoms with van der Waals surface area (Å²) in [5, 5.41) is 3.25.